The molecule has 1 aliphatic rings. The summed E-state index contributed by atoms with van der Waals surface area (Å²) in [6, 6.07) is 0. The van der Waals surface area contributed by atoms with Crippen LogP contribution in [0.15, 0.2) is 0 Å². The maximum absolute atomic E-state index is 10.7. The molecule has 88 valence electrons. The van der Waals surface area contributed by atoms with Crippen LogP contribution >= 0.6 is 22.9 Å². The number of ether oxygens (including phenoxy) is 1. The first-order valence-electron chi connectivity index (χ1n) is 5.14. The van der Waals surface area contributed by atoms with E-state index in [0.29, 0.717) is 16.1 Å². The van der Waals surface area contributed by atoms with Gasteiger partial charge in [-0.15, -0.1) is 0 Å². The largest absolute Gasteiger partial charge is 0.381 e. The van der Waals surface area contributed by atoms with Gasteiger partial charge in [0, 0.05) is 20.2 Å². The number of aromatic nitrogens is 1. The monoisotopic (exact) mass is 260 g/mol. The molecule has 0 atom stereocenters. The van der Waals surface area contributed by atoms with Crippen LogP contribution in [0.5, 0.6) is 0 Å². The second-order valence-corrected chi connectivity index (χ2v) is 5.06. The molecule has 0 bridgehead atoms. The molecule has 0 N–H and O–H groups in total. The van der Waals surface area contributed by atoms with Crippen LogP contribution < -0.4 is 4.90 Å². The molecule has 1 fully saturated rings. The summed E-state index contributed by atoms with van der Waals surface area (Å²) in [6.07, 6.45) is 3.08. The normalized spacial score (nSPS) is 17.8. The highest BCUT2D eigenvalue weighted by Gasteiger charge is 2.22. The average molecular weight is 261 g/mol. The van der Waals surface area contributed by atoms with Crippen molar-refractivity contribution in [3.8, 4) is 0 Å². The summed E-state index contributed by atoms with van der Waals surface area (Å²) in [7, 11) is 1.74. The minimum atomic E-state index is 0.309. The van der Waals surface area contributed by atoms with Gasteiger partial charge in [-0.05, 0) is 12.8 Å². The van der Waals surface area contributed by atoms with Crippen LogP contribution in [0.4, 0.5) is 5.13 Å². The van der Waals surface area contributed by atoms with E-state index in [1.165, 1.54) is 11.3 Å². The van der Waals surface area contributed by atoms with Gasteiger partial charge in [0.25, 0.3) is 0 Å². The topological polar surface area (TPSA) is 42.4 Å². The maximum Gasteiger partial charge on any atom is 0.187 e. The Bertz CT molecular complexity index is 375. The average Bonchev–Trinajstić information content (AvgIpc) is 2.71. The van der Waals surface area contributed by atoms with Crippen molar-refractivity contribution in [2.45, 2.75) is 18.9 Å². The Morgan fingerprint density at radius 3 is 2.75 bits per heavy atom. The first-order valence-corrected chi connectivity index (χ1v) is 6.33. The molecule has 2 rings (SSSR count). The van der Waals surface area contributed by atoms with E-state index < -0.39 is 0 Å². The first-order chi connectivity index (χ1) is 7.74. The smallest absolute Gasteiger partial charge is 0.187 e. The van der Waals surface area contributed by atoms with Crippen LogP contribution in [0.2, 0.25) is 5.15 Å². The molecule has 0 aliphatic carbocycles. The van der Waals surface area contributed by atoms with Gasteiger partial charge < -0.3 is 9.64 Å². The highest BCUT2D eigenvalue weighted by atomic mass is 35.5. The fourth-order valence-corrected chi connectivity index (χ4v) is 2.91. The van der Waals surface area contributed by atoms with Gasteiger partial charge in [0.2, 0.25) is 0 Å². The number of hydrogen-bond donors (Lipinski definition) is 0. The third-order valence-electron chi connectivity index (χ3n) is 2.75. The van der Waals surface area contributed by atoms with Gasteiger partial charge in [-0.25, -0.2) is 4.98 Å². The molecule has 4 nitrogen and oxygen atoms in total. The van der Waals surface area contributed by atoms with Crippen LogP contribution in [-0.2, 0) is 4.74 Å². The van der Waals surface area contributed by atoms with Crippen molar-refractivity contribution in [1.29, 1.82) is 0 Å². The van der Waals surface area contributed by atoms with Gasteiger partial charge in [-0.3, -0.25) is 4.79 Å². The predicted octanol–water partition coefficient (Wildman–Crippen LogP) is 2.22. The van der Waals surface area contributed by atoms with Gasteiger partial charge in [0.15, 0.2) is 16.6 Å². The highest BCUT2D eigenvalue weighted by Crippen LogP contribution is 2.30. The van der Waals surface area contributed by atoms with Crippen molar-refractivity contribution in [3.05, 3.63) is 10.0 Å². The van der Waals surface area contributed by atoms with Crippen molar-refractivity contribution in [1.82, 2.24) is 4.98 Å². The van der Waals surface area contributed by atoms with Crippen LogP contribution in [-0.4, -0.2) is 37.6 Å². The molecule has 0 unspecified atom stereocenters. The fraction of sp³-hybridized carbons (Fsp3) is 0.600. The van der Waals surface area contributed by atoms with Crippen LogP contribution in [0.25, 0.3) is 0 Å². The molecule has 16 heavy (non-hydrogen) atoms. The van der Waals surface area contributed by atoms with E-state index >= 15 is 0 Å². The van der Waals surface area contributed by atoms with E-state index in [1.54, 1.807) is 7.11 Å². The summed E-state index contributed by atoms with van der Waals surface area (Å²) in [4.78, 5) is 17.5. The number of thiazole rings is 1. The minimum Gasteiger partial charge on any atom is -0.381 e. The minimum absolute atomic E-state index is 0.309. The third-order valence-corrected chi connectivity index (χ3v) is 4.19. The molecule has 6 heteroatoms. The van der Waals surface area contributed by atoms with Gasteiger partial charge in [-0.1, -0.05) is 22.9 Å². The van der Waals surface area contributed by atoms with Crippen LogP contribution in [0.3, 0.4) is 0 Å². The molecule has 0 spiro atoms. The van der Waals surface area contributed by atoms with E-state index in [1.807, 2.05) is 0 Å². The molecule has 1 aromatic heterocycles. The summed E-state index contributed by atoms with van der Waals surface area (Å²) in [6.45, 7) is 1.81. The lowest BCUT2D eigenvalue weighted by Crippen LogP contribution is -2.36. The number of carbonyl (C=O) groups is 1. The molecule has 1 aliphatic heterocycles. The van der Waals surface area contributed by atoms with Crippen molar-refractivity contribution in [2.75, 3.05) is 25.1 Å². The standard InChI is InChI=1S/C10H13ClN2O2S/c1-15-7-2-4-13(5-3-7)10-12-9(11)8(6-14)16-10/h6-7H,2-5H2,1H3. The molecule has 0 aromatic carbocycles. The Labute approximate surface area is 103 Å². The van der Waals surface area contributed by atoms with Crippen molar-refractivity contribution < 1.29 is 9.53 Å². The fourth-order valence-electron chi connectivity index (χ4n) is 1.79. The van der Waals surface area contributed by atoms with E-state index in [0.717, 1.165) is 37.3 Å². The van der Waals surface area contributed by atoms with Crippen molar-refractivity contribution in [3.63, 3.8) is 0 Å². The van der Waals surface area contributed by atoms with Crippen LogP contribution in [0.1, 0.15) is 22.5 Å². The Morgan fingerprint density at radius 1 is 1.56 bits per heavy atom. The lowest BCUT2D eigenvalue weighted by atomic mass is 10.1. The number of nitrogens with zero attached hydrogens (tertiary/aromatic N) is 2. The molecular formula is C10H13ClN2O2S. The zero-order valence-electron chi connectivity index (χ0n) is 8.98. The molecule has 0 radical (unpaired) electrons. The molecular weight excluding hydrogens is 248 g/mol. The summed E-state index contributed by atoms with van der Waals surface area (Å²) in [5.74, 6) is 0. The summed E-state index contributed by atoms with van der Waals surface area (Å²) < 4.78 is 5.30. The van der Waals surface area contributed by atoms with E-state index in [-0.39, 0.29) is 0 Å². The van der Waals surface area contributed by atoms with E-state index in [9.17, 15) is 4.79 Å². The number of methoxy groups -OCH3 is 1. The number of anilines is 1. The van der Waals surface area contributed by atoms with Crippen molar-refractivity contribution >= 4 is 34.4 Å². The second kappa shape index (κ2) is 5.12. The molecule has 0 saturated carbocycles. The number of rotatable bonds is 3. The summed E-state index contributed by atoms with van der Waals surface area (Å²) in [5, 5.41) is 1.14. The number of carbonyl (C=O) groups excluding carboxylic acids is 1. The quantitative estimate of drug-likeness (QED) is 0.782. The Morgan fingerprint density at radius 2 is 2.25 bits per heavy atom. The third kappa shape index (κ3) is 2.36. The highest BCUT2D eigenvalue weighted by molar-refractivity contribution is 7.17. The lowest BCUT2D eigenvalue weighted by molar-refractivity contribution is 0.0819. The van der Waals surface area contributed by atoms with E-state index in [2.05, 4.69) is 9.88 Å². The van der Waals surface area contributed by atoms with Gasteiger partial charge >= 0.3 is 0 Å². The van der Waals surface area contributed by atoms with Crippen LogP contribution in [0, 0.1) is 0 Å². The van der Waals surface area contributed by atoms with Gasteiger partial charge in [0.1, 0.15) is 4.88 Å². The number of halogens is 1. The zero-order valence-corrected chi connectivity index (χ0v) is 10.6. The zero-order chi connectivity index (χ0) is 11.5. The lowest BCUT2D eigenvalue weighted by Gasteiger charge is -2.30. The maximum atomic E-state index is 10.7. The molecule has 0 amide bonds. The predicted molar refractivity (Wildman–Crippen MR) is 64.8 cm³/mol. The SMILES string of the molecule is COC1CCN(c2nc(Cl)c(C=O)s2)CC1. The summed E-state index contributed by atoms with van der Waals surface area (Å²) >= 11 is 7.19. The number of hydrogen-bond acceptors (Lipinski definition) is 5. The Hall–Kier alpha value is -0.650. The summed E-state index contributed by atoms with van der Waals surface area (Å²) in [5.41, 5.74) is 0. The molecule has 1 aromatic rings. The number of aldehydes is 1. The second-order valence-electron chi connectivity index (χ2n) is 3.69. The van der Waals surface area contributed by atoms with Gasteiger partial charge in [0.05, 0.1) is 6.10 Å². The van der Waals surface area contributed by atoms with Gasteiger partial charge in [-0.2, -0.15) is 0 Å². The Balaban J connectivity index is 2.05. The first kappa shape index (κ1) is 11.8. The number of piperidine rings is 1. The molecule has 2 heterocycles. The molecule has 1 saturated heterocycles. The Kier molecular flexibility index (Phi) is 3.78. The van der Waals surface area contributed by atoms with Crippen molar-refractivity contribution in [2.24, 2.45) is 0 Å². The van der Waals surface area contributed by atoms with E-state index in [4.69, 9.17) is 16.3 Å².